The summed E-state index contributed by atoms with van der Waals surface area (Å²) < 4.78 is 6.09. The molecule has 0 aliphatic rings. The minimum absolute atomic E-state index is 0.193. The van der Waals surface area contributed by atoms with E-state index in [9.17, 15) is 14.7 Å². The van der Waals surface area contributed by atoms with E-state index in [0.29, 0.717) is 10.7 Å². The molecule has 0 unspecified atom stereocenters. The van der Waals surface area contributed by atoms with E-state index < -0.39 is 18.5 Å². The quantitative estimate of drug-likeness (QED) is 0.456. The van der Waals surface area contributed by atoms with Crippen LogP contribution in [0.2, 0.25) is 0 Å². The van der Waals surface area contributed by atoms with Crippen LogP contribution in [0.15, 0.2) is 66.7 Å². The number of rotatable bonds is 5. The number of thiazole rings is 1. The van der Waals surface area contributed by atoms with Crippen LogP contribution in [0.5, 0.6) is 5.75 Å². The van der Waals surface area contributed by atoms with Crippen LogP contribution < -0.4 is 5.32 Å². The van der Waals surface area contributed by atoms with Crippen LogP contribution in [0, 0.1) is 6.92 Å². The minimum Gasteiger partial charge on any atom is -0.508 e. The average Bonchev–Trinajstić information content (AvgIpc) is 3.14. The van der Waals surface area contributed by atoms with Crippen LogP contribution in [0.3, 0.4) is 0 Å². The summed E-state index contributed by atoms with van der Waals surface area (Å²) in [4.78, 5) is 28.7. The van der Waals surface area contributed by atoms with Gasteiger partial charge in [0, 0.05) is 0 Å². The third kappa shape index (κ3) is 4.47. The van der Waals surface area contributed by atoms with Crippen LogP contribution in [0.25, 0.3) is 21.3 Å². The smallest absolute Gasteiger partial charge is 0.338 e. The molecule has 6 nitrogen and oxygen atoms in total. The van der Waals surface area contributed by atoms with Crippen molar-refractivity contribution in [3.05, 3.63) is 77.9 Å². The van der Waals surface area contributed by atoms with Gasteiger partial charge in [0.05, 0.1) is 15.8 Å². The molecule has 0 aliphatic heterocycles. The molecule has 0 saturated heterocycles. The highest BCUT2D eigenvalue weighted by molar-refractivity contribution is 7.22. The zero-order chi connectivity index (χ0) is 21.1. The van der Waals surface area contributed by atoms with Crippen molar-refractivity contribution >= 4 is 38.6 Å². The van der Waals surface area contributed by atoms with Gasteiger partial charge in [0.2, 0.25) is 0 Å². The number of aryl methyl sites for hydroxylation is 1. The summed E-state index contributed by atoms with van der Waals surface area (Å²) in [5.74, 6) is -0.833. The lowest BCUT2D eigenvalue weighted by molar-refractivity contribution is -0.119. The Kier molecular flexibility index (Phi) is 5.45. The van der Waals surface area contributed by atoms with Crippen molar-refractivity contribution in [2.24, 2.45) is 0 Å². The maximum Gasteiger partial charge on any atom is 0.338 e. The van der Waals surface area contributed by atoms with Crippen molar-refractivity contribution in [2.45, 2.75) is 6.92 Å². The molecule has 1 amide bonds. The number of hydrogen-bond donors (Lipinski definition) is 2. The number of phenolic OH excluding ortho intramolecular Hbond substituents is 1. The molecule has 0 fully saturated rings. The van der Waals surface area contributed by atoms with Gasteiger partial charge in [0.15, 0.2) is 11.7 Å². The Labute approximate surface area is 176 Å². The summed E-state index contributed by atoms with van der Waals surface area (Å²) in [5, 5.41) is 12.5. The van der Waals surface area contributed by atoms with Gasteiger partial charge in [-0.3, -0.25) is 10.1 Å². The molecule has 4 aromatic rings. The highest BCUT2D eigenvalue weighted by Crippen LogP contribution is 2.26. The Morgan fingerprint density at radius 3 is 2.37 bits per heavy atom. The van der Waals surface area contributed by atoms with E-state index in [-0.39, 0.29) is 5.75 Å². The van der Waals surface area contributed by atoms with E-state index in [1.807, 2.05) is 25.1 Å². The predicted octanol–water partition coefficient (Wildman–Crippen LogP) is 4.77. The highest BCUT2D eigenvalue weighted by Gasteiger charge is 2.12. The zero-order valence-corrected chi connectivity index (χ0v) is 16.9. The third-order valence-corrected chi connectivity index (χ3v) is 5.38. The number of hydrogen-bond acceptors (Lipinski definition) is 6. The Balaban J connectivity index is 1.34. The molecule has 0 bridgehead atoms. The third-order valence-electron chi connectivity index (χ3n) is 4.45. The lowest BCUT2D eigenvalue weighted by Gasteiger charge is -2.06. The second-order valence-electron chi connectivity index (χ2n) is 6.74. The molecule has 0 saturated carbocycles. The van der Waals surface area contributed by atoms with Gasteiger partial charge in [-0.15, -0.1) is 0 Å². The SMILES string of the molecule is Cc1ccc2nc(NC(=O)COC(=O)c3ccc(-c4ccc(O)cc4)cc3)sc2c1. The van der Waals surface area contributed by atoms with Crippen LogP contribution in [-0.4, -0.2) is 28.6 Å². The standard InChI is InChI=1S/C23H18N2O4S/c1-14-2-11-19-20(12-14)30-23(24-19)25-21(27)13-29-22(28)17-5-3-15(4-6-17)16-7-9-18(26)10-8-16/h2-12,26H,13H2,1H3,(H,24,25,27). The minimum atomic E-state index is -0.581. The molecule has 2 N–H and O–H groups in total. The van der Waals surface area contributed by atoms with Gasteiger partial charge in [-0.1, -0.05) is 41.7 Å². The normalized spacial score (nSPS) is 10.7. The summed E-state index contributed by atoms with van der Waals surface area (Å²) >= 11 is 1.37. The van der Waals surface area contributed by atoms with E-state index in [0.717, 1.165) is 26.9 Å². The first-order valence-corrected chi connectivity index (χ1v) is 10.0. The number of amides is 1. The van der Waals surface area contributed by atoms with Gasteiger partial charge < -0.3 is 9.84 Å². The molecule has 0 atom stereocenters. The van der Waals surface area contributed by atoms with Crippen molar-refractivity contribution in [1.82, 2.24) is 4.98 Å². The maximum absolute atomic E-state index is 12.2. The number of aromatic nitrogens is 1. The molecular weight excluding hydrogens is 400 g/mol. The molecule has 150 valence electrons. The van der Waals surface area contributed by atoms with E-state index in [1.165, 1.54) is 11.3 Å². The predicted molar refractivity (Wildman–Crippen MR) is 117 cm³/mol. The Hall–Kier alpha value is -3.71. The van der Waals surface area contributed by atoms with Crippen LogP contribution in [0.1, 0.15) is 15.9 Å². The molecule has 4 rings (SSSR count). The monoisotopic (exact) mass is 418 g/mol. The summed E-state index contributed by atoms with van der Waals surface area (Å²) in [6.07, 6.45) is 0. The van der Waals surface area contributed by atoms with E-state index in [4.69, 9.17) is 4.74 Å². The number of fused-ring (bicyclic) bond motifs is 1. The molecule has 3 aromatic carbocycles. The highest BCUT2D eigenvalue weighted by atomic mass is 32.1. The first-order valence-electron chi connectivity index (χ1n) is 9.21. The van der Waals surface area contributed by atoms with Gasteiger partial charge in [0.25, 0.3) is 5.91 Å². The first-order chi connectivity index (χ1) is 14.5. The summed E-state index contributed by atoms with van der Waals surface area (Å²) in [6, 6.07) is 19.5. The number of carbonyl (C=O) groups excluding carboxylic acids is 2. The fourth-order valence-corrected chi connectivity index (χ4v) is 3.89. The van der Waals surface area contributed by atoms with Gasteiger partial charge in [-0.2, -0.15) is 0 Å². The number of aromatic hydroxyl groups is 1. The molecule has 0 radical (unpaired) electrons. The first kappa shape index (κ1) is 19.6. The number of anilines is 1. The average molecular weight is 418 g/mol. The number of phenols is 1. The van der Waals surface area contributed by atoms with Crippen molar-refractivity contribution in [1.29, 1.82) is 0 Å². The second-order valence-corrected chi connectivity index (χ2v) is 7.77. The fraction of sp³-hybridized carbons (Fsp3) is 0.0870. The summed E-state index contributed by atoms with van der Waals surface area (Å²) in [6.45, 7) is 1.60. The number of ether oxygens (including phenoxy) is 1. The van der Waals surface area contributed by atoms with Crippen molar-refractivity contribution in [2.75, 3.05) is 11.9 Å². The summed E-state index contributed by atoms with van der Waals surface area (Å²) in [7, 11) is 0. The lowest BCUT2D eigenvalue weighted by Crippen LogP contribution is -2.20. The van der Waals surface area contributed by atoms with Gasteiger partial charge >= 0.3 is 5.97 Å². The Morgan fingerprint density at radius 1 is 1.00 bits per heavy atom. The van der Waals surface area contributed by atoms with Gasteiger partial charge in [-0.25, -0.2) is 9.78 Å². The molecule has 7 heteroatoms. The van der Waals surface area contributed by atoms with Gasteiger partial charge in [-0.05, 0) is 60.0 Å². The second kappa shape index (κ2) is 8.34. The molecule has 1 heterocycles. The molecule has 1 aromatic heterocycles. The number of nitrogens with one attached hydrogen (secondary N) is 1. The zero-order valence-electron chi connectivity index (χ0n) is 16.1. The van der Waals surface area contributed by atoms with E-state index in [1.54, 1.807) is 48.5 Å². The Bertz CT molecular complexity index is 1210. The van der Waals surface area contributed by atoms with Crippen molar-refractivity contribution < 1.29 is 19.4 Å². The van der Waals surface area contributed by atoms with Crippen LogP contribution in [-0.2, 0) is 9.53 Å². The largest absolute Gasteiger partial charge is 0.508 e. The number of nitrogens with zero attached hydrogens (tertiary/aromatic N) is 1. The molecule has 0 spiro atoms. The molecule has 30 heavy (non-hydrogen) atoms. The number of benzene rings is 3. The lowest BCUT2D eigenvalue weighted by atomic mass is 10.0. The van der Waals surface area contributed by atoms with Gasteiger partial charge in [0.1, 0.15) is 5.75 Å². The van der Waals surface area contributed by atoms with Crippen molar-refractivity contribution in [3.63, 3.8) is 0 Å². The molecular formula is C23H18N2O4S. The fourth-order valence-electron chi connectivity index (χ4n) is 2.91. The van der Waals surface area contributed by atoms with Crippen LogP contribution >= 0.6 is 11.3 Å². The van der Waals surface area contributed by atoms with Crippen LogP contribution in [0.4, 0.5) is 5.13 Å². The van der Waals surface area contributed by atoms with Crippen molar-refractivity contribution in [3.8, 4) is 16.9 Å². The number of esters is 1. The van der Waals surface area contributed by atoms with E-state index >= 15 is 0 Å². The van der Waals surface area contributed by atoms with E-state index in [2.05, 4.69) is 10.3 Å². The Morgan fingerprint density at radius 2 is 1.67 bits per heavy atom. The topological polar surface area (TPSA) is 88.5 Å². The maximum atomic E-state index is 12.2. The number of carbonyl (C=O) groups is 2. The molecule has 0 aliphatic carbocycles. The summed E-state index contributed by atoms with van der Waals surface area (Å²) in [5.41, 5.74) is 4.09.